The number of ether oxygens (including phenoxy) is 1. The molecule has 7 nitrogen and oxygen atoms in total. The van der Waals surface area contributed by atoms with Crippen LogP contribution in [0.4, 0.5) is 11.4 Å². The second kappa shape index (κ2) is 7.82. The first-order valence-corrected chi connectivity index (χ1v) is 8.92. The summed E-state index contributed by atoms with van der Waals surface area (Å²) < 4.78 is 4.69. The minimum absolute atomic E-state index is 0.0178. The number of nitro groups is 1. The van der Waals surface area contributed by atoms with E-state index in [1.165, 1.54) is 45.7 Å². The largest absolute Gasteiger partial charge is 0.465 e. The molecular weight excluding hydrogens is 322 g/mol. The van der Waals surface area contributed by atoms with E-state index in [1.807, 2.05) is 0 Å². The average molecular weight is 347 g/mol. The first-order chi connectivity index (χ1) is 12.1. The number of anilines is 1. The van der Waals surface area contributed by atoms with Crippen molar-refractivity contribution in [2.45, 2.75) is 25.7 Å². The molecule has 1 aromatic rings. The number of nitrogens with zero attached hydrogens (tertiary/aromatic N) is 3. The predicted octanol–water partition coefficient (Wildman–Crippen LogP) is 2.69. The van der Waals surface area contributed by atoms with Gasteiger partial charge in [0.15, 0.2) is 0 Å². The van der Waals surface area contributed by atoms with Gasteiger partial charge in [-0.3, -0.25) is 10.1 Å². The van der Waals surface area contributed by atoms with Crippen LogP contribution in [0.25, 0.3) is 0 Å². The van der Waals surface area contributed by atoms with Crippen LogP contribution in [0.5, 0.6) is 0 Å². The minimum Gasteiger partial charge on any atom is -0.465 e. The molecule has 0 bridgehead atoms. The number of likely N-dealkylation sites (tertiary alicyclic amines) is 1. The first kappa shape index (κ1) is 17.7. The SMILES string of the molecule is COC(=O)c1cc(N2CCC(CN3CCCC3)CC2)ccc1[N+](=O)[O-]. The fourth-order valence-corrected chi connectivity index (χ4v) is 3.86. The van der Waals surface area contributed by atoms with Crippen molar-refractivity contribution in [3.63, 3.8) is 0 Å². The summed E-state index contributed by atoms with van der Waals surface area (Å²) in [4.78, 5) is 27.2. The van der Waals surface area contributed by atoms with Crippen molar-refractivity contribution in [3.05, 3.63) is 33.9 Å². The van der Waals surface area contributed by atoms with Crippen molar-refractivity contribution in [3.8, 4) is 0 Å². The Balaban J connectivity index is 1.66. The smallest absolute Gasteiger partial charge is 0.344 e. The lowest BCUT2D eigenvalue weighted by molar-refractivity contribution is -0.385. The molecule has 0 atom stereocenters. The number of hydrogen-bond donors (Lipinski definition) is 0. The van der Waals surface area contributed by atoms with E-state index in [-0.39, 0.29) is 11.3 Å². The quantitative estimate of drug-likeness (QED) is 0.463. The molecule has 0 aromatic heterocycles. The number of piperidine rings is 1. The highest BCUT2D eigenvalue weighted by Crippen LogP contribution is 2.29. The molecule has 3 rings (SSSR count). The Labute approximate surface area is 147 Å². The van der Waals surface area contributed by atoms with Crippen molar-refractivity contribution in [2.75, 3.05) is 44.7 Å². The van der Waals surface area contributed by atoms with Crippen LogP contribution < -0.4 is 4.90 Å². The van der Waals surface area contributed by atoms with Crippen molar-refractivity contribution in [1.29, 1.82) is 0 Å². The molecule has 0 aliphatic carbocycles. The number of hydrogen-bond acceptors (Lipinski definition) is 6. The van der Waals surface area contributed by atoms with Gasteiger partial charge in [0, 0.05) is 31.4 Å². The van der Waals surface area contributed by atoms with Crippen LogP contribution in [0.2, 0.25) is 0 Å². The Hall–Kier alpha value is -2.15. The third-order valence-corrected chi connectivity index (χ3v) is 5.28. The highest BCUT2D eigenvalue weighted by atomic mass is 16.6. The molecule has 0 amide bonds. The van der Waals surface area contributed by atoms with E-state index in [2.05, 4.69) is 9.80 Å². The topological polar surface area (TPSA) is 75.9 Å². The maximum atomic E-state index is 11.9. The normalized spacial score (nSPS) is 19.2. The van der Waals surface area contributed by atoms with Crippen molar-refractivity contribution >= 4 is 17.3 Å². The summed E-state index contributed by atoms with van der Waals surface area (Å²) in [7, 11) is 1.24. The summed E-state index contributed by atoms with van der Waals surface area (Å²) in [5.41, 5.74) is 0.661. The first-order valence-electron chi connectivity index (χ1n) is 8.92. The zero-order valence-electron chi connectivity index (χ0n) is 14.6. The number of carbonyl (C=O) groups excluding carboxylic acids is 1. The Bertz CT molecular complexity index is 635. The molecule has 2 saturated heterocycles. The van der Waals surface area contributed by atoms with Crippen LogP contribution in [0.1, 0.15) is 36.0 Å². The molecule has 2 aliphatic heterocycles. The molecule has 2 heterocycles. The monoisotopic (exact) mass is 347 g/mol. The lowest BCUT2D eigenvalue weighted by Crippen LogP contribution is -2.38. The van der Waals surface area contributed by atoms with Crippen LogP contribution in [-0.4, -0.2) is 55.6 Å². The fraction of sp³-hybridized carbons (Fsp3) is 0.611. The molecule has 2 fully saturated rings. The molecular formula is C18H25N3O4. The Morgan fingerprint density at radius 3 is 2.52 bits per heavy atom. The molecule has 7 heteroatoms. The number of esters is 1. The Morgan fingerprint density at radius 1 is 1.24 bits per heavy atom. The number of nitro benzene ring substituents is 1. The standard InChI is InChI=1S/C18H25N3O4/c1-25-18(22)16-12-15(4-5-17(16)21(23)24)20-10-6-14(7-11-20)13-19-8-2-3-9-19/h4-5,12,14H,2-3,6-11,13H2,1H3. The van der Waals surface area contributed by atoms with Gasteiger partial charge in [0.05, 0.1) is 12.0 Å². The third kappa shape index (κ3) is 4.10. The Kier molecular flexibility index (Phi) is 5.53. The number of carbonyl (C=O) groups is 1. The van der Waals surface area contributed by atoms with Gasteiger partial charge in [0.2, 0.25) is 0 Å². The maximum Gasteiger partial charge on any atom is 0.344 e. The summed E-state index contributed by atoms with van der Waals surface area (Å²) in [6, 6.07) is 4.72. The summed E-state index contributed by atoms with van der Waals surface area (Å²) >= 11 is 0. The van der Waals surface area contributed by atoms with Gasteiger partial charge in [0.1, 0.15) is 5.56 Å². The lowest BCUT2D eigenvalue weighted by atomic mass is 9.95. The minimum atomic E-state index is -0.669. The Morgan fingerprint density at radius 2 is 1.92 bits per heavy atom. The van der Waals surface area contributed by atoms with E-state index in [0.717, 1.165) is 31.6 Å². The number of methoxy groups -OCH3 is 1. The fourth-order valence-electron chi connectivity index (χ4n) is 3.86. The highest BCUT2D eigenvalue weighted by molar-refractivity contribution is 5.95. The van der Waals surface area contributed by atoms with Crippen molar-refractivity contribution < 1.29 is 14.5 Å². The zero-order valence-corrected chi connectivity index (χ0v) is 14.6. The summed E-state index contributed by atoms with van der Waals surface area (Å²) in [6.45, 7) is 5.46. The van der Waals surface area contributed by atoms with E-state index in [4.69, 9.17) is 4.74 Å². The van der Waals surface area contributed by atoms with Gasteiger partial charge in [-0.1, -0.05) is 0 Å². The van der Waals surface area contributed by atoms with Gasteiger partial charge >= 0.3 is 5.97 Å². The lowest BCUT2D eigenvalue weighted by Gasteiger charge is -2.35. The van der Waals surface area contributed by atoms with Gasteiger partial charge < -0.3 is 14.5 Å². The van der Waals surface area contributed by atoms with E-state index >= 15 is 0 Å². The molecule has 25 heavy (non-hydrogen) atoms. The summed E-state index contributed by atoms with van der Waals surface area (Å²) in [5.74, 6) is 0.0462. The zero-order chi connectivity index (χ0) is 17.8. The molecule has 136 valence electrons. The molecule has 0 N–H and O–H groups in total. The van der Waals surface area contributed by atoms with Crippen molar-refractivity contribution in [1.82, 2.24) is 4.90 Å². The molecule has 0 spiro atoms. The average Bonchev–Trinajstić information content (AvgIpc) is 3.14. The van der Waals surface area contributed by atoms with Crippen LogP contribution in [-0.2, 0) is 4.74 Å². The van der Waals surface area contributed by atoms with E-state index < -0.39 is 10.9 Å². The highest BCUT2D eigenvalue weighted by Gasteiger charge is 2.26. The summed E-state index contributed by atoms with van der Waals surface area (Å²) in [5, 5.41) is 11.1. The van der Waals surface area contributed by atoms with Gasteiger partial charge in [0.25, 0.3) is 5.69 Å². The maximum absolute atomic E-state index is 11.9. The van der Waals surface area contributed by atoms with Crippen LogP contribution in [0, 0.1) is 16.0 Å². The number of benzene rings is 1. The number of rotatable bonds is 5. The molecule has 0 radical (unpaired) electrons. The molecule has 2 aliphatic rings. The van der Waals surface area contributed by atoms with E-state index in [9.17, 15) is 14.9 Å². The third-order valence-electron chi connectivity index (χ3n) is 5.28. The molecule has 0 unspecified atom stereocenters. The van der Waals surface area contributed by atoms with Gasteiger partial charge in [-0.2, -0.15) is 0 Å². The summed E-state index contributed by atoms with van der Waals surface area (Å²) in [6.07, 6.45) is 4.86. The second-order valence-electron chi connectivity index (χ2n) is 6.89. The van der Waals surface area contributed by atoms with Gasteiger partial charge in [-0.25, -0.2) is 4.79 Å². The molecule has 1 aromatic carbocycles. The van der Waals surface area contributed by atoms with Gasteiger partial charge in [-0.15, -0.1) is 0 Å². The second-order valence-corrected chi connectivity index (χ2v) is 6.89. The molecule has 0 saturated carbocycles. The van der Waals surface area contributed by atoms with Crippen molar-refractivity contribution in [2.24, 2.45) is 5.92 Å². The van der Waals surface area contributed by atoms with Crippen LogP contribution >= 0.6 is 0 Å². The van der Waals surface area contributed by atoms with E-state index in [1.54, 1.807) is 12.1 Å². The van der Waals surface area contributed by atoms with Crippen LogP contribution in [0.15, 0.2) is 18.2 Å². The van der Waals surface area contributed by atoms with Crippen LogP contribution in [0.3, 0.4) is 0 Å². The predicted molar refractivity (Wildman–Crippen MR) is 95.0 cm³/mol. The van der Waals surface area contributed by atoms with Gasteiger partial charge in [-0.05, 0) is 56.8 Å². The van der Waals surface area contributed by atoms with E-state index in [0.29, 0.717) is 5.92 Å².